The number of aromatic amines is 1. The Bertz CT molecular complexity index is 873. The lowest BCUT2D eigenvalue weighted by Gasteiger charge is -2.19. The van der Waals surface area contributed by atoms with Crippen LogP contribution in [0.3, 0.4) is 0 Å². The zero-order chi connectivity index (χ0) is 15.8. The molecule has 0 radical (unpaired) electrons. The highest BCUT2D eigenvalue weighted by Crippen LogP contribution is 2.37. The van der Waals surface area contributed by atoms with Gasteiger partial charge in [-0.05, 0) is 48.5 Å². The van der Waals surface area contributed by atoms with Crippen molar-refractivity contribution in [1.29, 1.82) is 0 Å². The quantitative estimate of drug-likeness (QED) is 0.691. The topological polar surface area (TPSA) is 33.6 Å². The Labute approximate surface area is 145 Å². The molecule has 5 heteroatoms. The molecule has 1 aliphatic carbocycles. The van der Waals surface area contributed by atoms with Crippen LogP contribution in [-0.2, 0) is 19.4 Å². The third-order valence-corrected chi connectivity index (χ3v) is 5.95. The predicted octanol–water partition coefficient (Wildman–Crippen LogP) is 4.84. The van der Waals surface area contributed by atoms with Gasteiger partial charge < -0.3 is 0 Å². The maximum absolute atomic E-state index is 5.47. The van der Waals surface area contributed by atoms with E-state index in [1.54, 1.807) is 0 Å². The number of aromatic nitrogens is 3. The second kappa shape index (κ2) is 6.06. The van der Waals surface area contributed by atoms with Crippen molar-refractivity contribution in [3.05, 3.63) is 56.5 Å². The summed E-state index contributed by atoms with van der Waals surface area (Å²) < 4.78 is 2.80. The molecule has 1 aromatic carbocycles. The van der Waals surface area contributed by atoms with Crippen molar-refractivity contribution >= 4 is 23.6 Å². The lowest BCUT2D eigenvalue weighted by Crippen LogP contribution is -2.10. The lowest BCUT2D eigenvalue weighted by atomic mass is 9.88. The molecule has 0 amide bonds. The van der Waals surface area contributed by atoms with Crippen molar-refractivity contribution in [1.82, 2.24) is 14.8 Å². The Morgan fingerprint density at radius 3 is 3.00 bits per heavy atom. The first-order valence-corrected chi connectivity index (χ1v) is 9.30. The Morgan fingerprint density at radius 1 is 1.35 bits per heavy atom. The molecular formula is C18H19N3S2. The SMILES string of the molecule is C[C@H]1CCc2c(-c3n[nH]c(=S)n3Cc3ccccc3)csc2C1. The number of H-pyrrole nitrogens is 1. The van der Waals surface area contributed by atoms with Crippen molar-refractivity contribution in [3.8, 4) is 11.4 Å². The van der Waals surface area contributed by atoms with Crippen molar-refractivity contribution in [2.45, 2.75) is 32.7 Å². The number of fused-ring (bicyclic) bond motifs is 1. The van der Waals surface area contributed by atoms with Gasteiger partial charge in [0.15, 0.2) is 10.6 Å². The molecule has 0 saturated carbocycles. The van der Waals surface area contributed by atoms with E-state index >= 15 is 0 Å². The minimum Gasteiger partial charge on any atom is -0.296 e. The van der Waals surface area contributed by atoms with E-state index in [4.69, 9.17) is 12.2 Å². The van der Waals surface area contributed by atoms with Crippen LogP contribution in [0.15, 0.2) is 35.7 Å². The maximum Gasteiger partial charge on any atom is 0.195 e. The molecule has 0 aliphatic heterocycles. The van der Waals surface area contributed by atoms with Crippen molar-refractivity contribution in [2.75, 3.05) is 0 Å². The Hall–Kier alpha value is -1.72. The Kier molecular flexibility index (Phi) is 3.91. The molecule has 0 unspecified atom stereocenters. The van der Waals surface area contributed by atoms with E-state index in [1.165, 1.54) is 34.4 Å². The van der Waals surface area contributed by atoms with Gasteiger partial charge in [0.25, 0.3) is 0 Å². The van der Waals surface area contributed by atoms with Gasteiger partial charge in [0, 0.05) is 15.8 Å². The highest BCUT2D eigenvalue weighted by Gasteiger charge is 2.23. The second-order valence-electron chi connectivity index (χ2n) is 6.32. The Balaban J connectivity index is 1.75. The second-order valence-corrected chi connectivity index (χ2v) is 7.67. The molecule has 1 atom stereocenters. The molecule has 2 heterocycles. The standard InChI is InChI=1S/C18H19N3S2/c1-12-7-8-14-15(11-23-16(14)9-12)17-19-20-18(22)21(17)10-13-5-3-2-4-6-13/h2-6,11-12H,7-10H2,1H3,(H,20,22)/t12-/m0/s1. The van der Waals surface area contributed by atoms with Crippen LogP contribution in [0.2, 0.25) is 0 Å². The van der Waals surface area contributed by atoms with Gasteiger partial charge in [-0.25, -0.2) is 0 Å². The summed E-state index contributed by atoms with van der Waals surface area (Å²) in [6, 6.07) is 10.4. The number of nitrogens with one attached hydrogen (secondary N) is 1. The van der Waals surface area contributed by atoms with Crippen LogP contribution < -0.4 is 0 Å². The van der Waals surface area contributed by atoms with Crippen LogP contribution in [0.5, 0.6) is 0 Å². The number of hydrogen-bond donors (Lipinski definition) is 1. The van der Waals surface area contributed by atoms with Gasteiger partial charge in [0.1, 0.15) is 0 Å². The molecule has 1 N–H and O–H groups in total. The summed E-state index contributed by atoms with van der Waals surface area (Å²) in [7, 11) is 0. The fraction of sp³-hybridized carbons (Fsp3) is 0.333. The molecular weight excluding hydrogens is 322 g/mol. The molecule has 1 aliphatic rings. The van der Waals surface area contributed by atoms with Crippen LogP contribution in [0.1, 0.15) is 29.3 Å². The van der Waals surface area contributed by atoms with Gasteiger partial charge in [0.2, 0.25) is 0 Å². The van der Waals surface area contributed by atoms with Gasteiger partial charge in [-0.1, -0.05) is 37.3 Å². The molecule has 0 bridgehead atoms. The fourth-order valence-electron chi connectivity index (χ4n) is 3.30. The predicted molar refractivity (Wildman–Crippen MR) is 97.5 cm³/mol. The van der Waals surface area contributed by atoms with Crippen LogP contribution >= 0.6 is 23.6 Å². The van der Waals surface area contributed by atoms with Crippen LogP contribution in [-0.4, -0.2) is 14.8 Å². The molecule has 4 rings (SSSR count). The van der Waals surface area contributed by atoms with Gasteiger partial charge in [-0.15, -0.1) is 11.3 Å². The van der Waals surface area contributed by atoms with Crippen molar-refractivity contribution in [3.63, 3.8) is 0 Å². The highest BCUT2D eigenvalue weighted by molar-refractivity contribution is 7.71. The van der Waals surface area contributed by atoms with E-state index in [1.807, 2.05) is 17.4 Å². The number of hydrogen-bond acceptors (Lipinski definition) is 3. The molecule has 118 valence electrons. The van der Waals surface area contributed by atoms with Gasteiger partial charge in [0.05, 0.1) is 6.54 Å². The number of benzene rings is 1. The van der Waals surface area contributed by atoms with Gasteiger partial charge >= 0.3 is 0 Å². The van der Waals surface area contributed by atoms with E-state index in [0.29, 0.717) is 4.77 Å². The molecule has 0 fully saturated rings. The van der Waals surface area contributed by atoms with Crippen LogP contribution in [0.25, 0.3) is 11.4 Å². The zero-order valence-electron chi connectivity index (χ0n) is 13.1. The number of rotatable bonds is 3. The van der Waals surface area contributed by atoms with E-state index in [-0.39, 0.29) is 0 Å². The molecule has 23 heavy (non-hydrogen) atoms. The van der Waals surface area contributed by atoms with Gasteiger partial charge in [-0.3, -0.25) is 9.67 Å². The average molecular weight is 342 g/mol. The molecule has 3 nitrogen and oxygen atoms in total. The summed E-state index contributed by atoms with van der Waals surface area (Å²) in [5.41, 5.74) is 3.99. The average Bonchev–Trinajstić information content (AvgIpc) is 3.12. The lowest BCUT2D eigenvalue weighted by molar-refractivity contribution is 0.508. The summed E-state index contributed by atoms with van der Waals surface area (Å²) in [4.78, 5) is 1.53. The van der Waals surface area contributed by atoms with Gasteiger partial charge in [-0.2, -0.15) is 5.10 Å². The molecule has 0 saturated heterocycles. The third-order valence-electron chi connectivity index (χ3n) is 4.58. The normalized spacial score (nSPS) is 17.2. The highest BCUT2D eigenvalue weighted by atomic mass is 32.1. The first-order chi connectivity index (χ1) is 11.2. The molecule has 2 aromatic heterocycles. The number of nitrogens with zero attached hydrogens (tertiary/aromatic N) is 2. The molecule has 0 spiro atoms. The zero-order valence-corrected chi connectivity index (χ0v) is 14.7. The fourth-order valence-corrected chi connectivity index (χ4v) is 4.74. The number of thiophene rings is 1. The minimum absolute atomic E-state index is 0.688. The van der Waals surface area contributed by atoms with E-state index in [9.17, 15) is 0 Å². The summed E-state index contributed by atoms with van der Waals surface area (Å²) in [5.74, 6) is 1.77. The summed E-state index contributed by atoms with van der Waals surface area (Å²) >= 11 is 7.34. The van der Waals surface area contributed by atoms with Crippen LogP contribution in [0, 0.1) is 10.7 Å². The Morgan fingerprint density at radius 2 is 2.17 bits per heavy atom. The van der Waals surface area contributed by atoms with Crippen molar-refractivity contribution in [2.24, 2.45) is 5.92 Å². The summed E-state index contributed by atoms with van der Waals surface area (Å²) in [6.07, 6.45) is 3.62. The first-order valence-electron chi connectivity index (χ1n) is 8.01. The minimum atomic E-state index is 0.688. The van der Waals surface area contributed by atoms with E-state index in [0.717, 1.165) is 24.7 Å². The molecule has 3 aromatic rings. The van der Waals surface area contributed by atoms with Crippen LogP contribution in [0.4, 0.5) is 0 Å². The van der Waals surface area contributed by atoms with Crippen molar-refractivity contribution < 1.29 is 0 Å². The summed E-state index contributed by atoms with van der Waals surface area (Å²) in [6.45, 7) is 3.10. The van der Waals surface area contributed by atoms with E-state index in [2.05, 4.69) is 51.3 Å². The summed E-state index contributed by atoms with van der Waals surface area (Å²) in [5, 5.41) is 9.77. The third kappa shape index (κ3) is 2.79. The maximum atomic E-state index is 5.47. The first kappa shape index (κ1) is 14.8. The van der Waals surface area contributed by atoms with E-state index < -0.39 is 0 Å². The monoisotopic (exact) mass is 341 g/mol. The largest absolute Gasteiger partial charge is 0.296 e. The smallest absolute Gasteiger partial charge is 0.195 e.